The van der Waals surface area contributed by atoms with Crippen molar-refractivity contribution in [3.63, 3.8) is 0 Å². The van der Waals surface area contributed by atoms with E-state index in [1.807, 2.05) is 79.3 Å². The Morgan fingerprint density at radius 2 is 0.835 bits per heavy atom. The standard InChI is InChI=1S/C23H24N4O2S.C22H24N4OS.C21H21BrN4S/c1-29-22(28)17-6-8-18(9-7-17)25-23(30)26-19-11-14-27(15-12-19)21-20-5-3-2-4-16(20)10-13-24-21;1-27-19-7-4-6-18(15-19)25-22(28)24-17-10-13-26(14-11-17)21-20-8-3-2-5-16(20)9-12-23-21;22-16-5-3-6-18(14-16)25-21(27)24-17-9-12-26(13-10-17)20-19-7-2-1-4-15(19)8-11-23-20/h2-10,13,19H,11-12,14-15H2,1H3,(H2,25,26,30);2-9,12,15,17H,10-11,13-14H2,1H3,(H2,24,25,28);1-8,11,14,17H,9-10,12-13H2,(H2,24,25,27). The zero-order valence-electron chi connectivity index (χ0n) is 47.5. The second-order valence-corrected chi connectivity index (χ2v) is 23.1. The number of halogens is 1. The Morgan fingerprint density at radius 3 is 1.22 bits per heavy atom. The van der Waals surface area contributed by atoms with Crippen LogP contribution in [0.2, 0.25) is 0 Å². The number of anilines is 6. The molecule has 3 fully saturated rings. The van der Waals surface area contributed by atoms with Gasteiger partial charge in [0, 0.05) is 120 Å². The van der Waals surface area contributed by atoms with Crippen LogP contribution >= 0.6 is 52.6 Å². The van der Waals surface area contributed by atoms with Crippen molar-refractivity contribution < 1.29 is 14.3 Å². The molecule has 0 radical (unpaired) electrons. The molecule has 0 aliphatic carbocycles. The van der Waals surface area contributed by atoms with E-state index in [0.29, 0.717) is 39.0 Å². The average molecular weight is 1250 g/mol. The monoisotopic (exact) mass is 1250 g/mol. The van der Waals surface area contributed by atoms with Crippen LogP contribution in [0.5, 0.6) is 5.75 Å². The van der Waals surface area contributed by atoms with Crippen LogP contribution in [0.25, 0.3) is 32.3 Å². The number of hydrogen-bond donors (Lipinski definition) is 6. The number of nitrogens with one attached hydrogen (secondary N) is 6. The lowest BCUT2D eigenvalue weighted by molar-refractivity contribution is 0.0600. The predicted octanol–water partition coefficient (Wildman–Crippen LogP) is 13.1. The van der Waals surface area contributed by atoms with E-state index in [9.17, 15) is 4.79 Å². The summed E-state index contributed by atoms with van der Waals surface area (Å²) in [5, 5.41) is 29.2. The summed E-state index contributed by atoms with van der Waals surface area (Å²) in [7, 11) is 3.03. The van der Waals surface area contributed by atoms with E-state index in [2.05, 4.69) is 168 Å². The van der Waals surface area contributed by atoms with Gasteiger partial charge in [0.05, 0.1) is 19.8 Å². The molecule has 0 bridgehead atoms. The summed E-state index contributed by atoms with van der Waals surface area (Å²) in [6.07, 6.45) is 11.7. The Balaban J connectivity index is 0.000000142. The molecule has 3 aromatic heterocycles. The summed E-state index contributed by atoms with van der Waals surface area (Å²) in [5.74, 6) is 3.67. The zero-order valence-corrected chi connectivity index (χ0v) is 51.6. The van der Waals surface area contributed by atoms with Crippen LogP contribution in [0.4, 0.5) is 34.5 Å². The number of aromatic nitrogens is 3. The first kappa shape index (κ1) is 59.9. The van der Waals surface area contributed by atoms with Crippen LogP contribution in [0.1, 0.15) is 48.9 Å². The summed E-state index contributed by atoms with van der Waals surface area (Å²) in [5.41, 5.74) is 3.25. The van der Waals surface area contributed by atoms with Crippen molar-refractivity contribution in [2.45, 2.75) is 56.7 Å². The van der Waals surface area contributed by atoms with Gasteiger partial charge in [-0.15, -0.1) is 0 Å². The van der Waals surface area contributed by atoms with E-state index in [1.54, 1.807) is 19.2 Å². The normalized spacial score (nSPS) is 14.6. The largest absolute Gasteiger partial charge is 0.497 e. The number of pyridine rings is 3. The molecule has 0 spiro atoms. The molecule has 3 aliphatic heterocycles. The van der Waals surface area contributed by atoms with Gasteiger partial charge in [-0.1, -0.05) is 101 Å². The molecule has 6 aromatic carbocycles. The van der Waals surface area contributed by atoms with Gasteiger partial charge in [0.1, 0.15) is 23.2 Å². The molecule has 19 heteroatoms. The second kappa shape index (κ2) is 29.5. The summed E-state index contributed by atoms with van der Waals surface area (Å²) in [6, 6.07) is 55.3. The van der Waals surface area contributed by atoms with E-state index in [0.717, 1.165) is 123 Å². The van der Waals surface area contributed by atoms with Crippen LogP contribution in [0, 0.1) is 0 Å². The molecular weight excluding hydrogens is 1180 g/mol. The van der Waals surface area contributed by atoms with Gasteiger partial charge in [-0.2, -0.15) is 0 Å². The Kier molecular flexibility index (Phi) is 20.8. The highest BCUT2D eigenvalue weighted by Gasteiger charge is 2.25. The average Bonchev–Trinajstić information content (AvgIpc) is 3.51. The molecule has 15 nitrogen and oxygen atoms in total. The van der Waals surface area contributed by atoms with Crippen molar-refractivity contribution in [3.05, 3.63) is 192 Å². The summed E-state index contributed by atoms with van der Waals surface area (Å²) < 4.78 is 11.0. The Labute approximate surface area is 521 Å². The van der Waals surface area contributed by atoms with Crippen LogP contribution in [0.3, 0.4) is 0 Å². The molecule has 0 saturated carbocycles. The molecule has 3 aliphatic rings. The van der Waals surface area contributed by atoms with Crippen molar-refractivity contribution in [1.29, 1.82) is 0 Å². The maximum atomic E-state index is 11.5. The molecule has 6 N–H and O–H groups in total. The number of carbonyl (C=O) groups excluding carboxylic acids is 1. The number of hydrogen-bond acceptors (Lipinski definition) is 12. The number of benzene rings is 6. The summed E-state index contributed by atoms with van der Waals surface area (Å²) >= 11 is 19.9. The smallest absolute Gasteiger partial charge is 0.337 e. The van der Waals surface area contributed by atoms with E-state index >= 15 is 0 Å². The van der Waals surface area contributed by atoms with Crippen LogP contribution < -0.4 is 51.3 Å². The minimum atomic E-state index is -0.352. The molecule has 85 heavy (non-hydrogen) atoms. The fourth-order valence-electron chi connectivity index (χ4n) is 10.9. The van der Waals surface area contributed by atoms with Gasteiger partial charge in [-0.25, -0.2) is 19.7 Å². The number of thiocarbonyl (C=S) groups is 3. The third kappa shape index (κ3) is 16.4. The van der Waals surface area contributed by atoms with Gasteiger partial charge >= 0.3 is 5.97 Å². The molecule has 3 saturated heterocycles. The first-order chi connectivity index (χ1) is 41.5. The van der Waals surface area contributed by atoms with Crippen LogP contribution in [0.15, 0.2) is 187 Å². The Morgan fingerprint density at radius 1 is 0.459 bits per heavy atom. The predicted molar refractivity (Wildman–Crippen MR) is 364 cm³/mol. The fraction of sp³-hybridized carbons (Fsp3) is 0.258. The number of esters is 1. The minimum Gasteiger partial charge on any atom is -0.497 e. The van der Waals surface area contributed by atoms with Crippen molar-refractivity contribution in [3.8, 4) is 5.75 Å². The lowest BCUT2D eigenvalue weighted by atomic mass is 10.0. The van der Waals surface area contributed by atoms with Gasteiger partial charge in [0.25, 0.3) is 0 Å². The second-order valence-electron chi connectivity index (χ2n) is 21.0. The Hall–Kier alpha value is -8.23. The van der Waals surface area contributed by atoms with Gasteiger partial charge in [0.2, 0.25) is 0 Å². The number of nitrogens with zero attached hydrogens (tertiary/aromatic N) is 6. The van der Waals surface area contributed by atoms with Crippen molar-refractivity contribution >= 4 is 141 Å². The number of methoxy groups -OCH3 is 2. The molecule has 0 unspecified atom stereocenters. The van der Waals surface area contributed by atoms with Crippen molar-refractivity contribution in [1.82, 2.24) is 30.9 Å². The number of fused-ring (bicyclic) bond motifs is 3. The fourth-order valence-corrected chi connectivity index (χ4v) is 12.2. The highest BCUT2D eigenvalue weighted by atomic mass is 79.9. The lowest BCUT2D eigenvalue weighted by Gasteiger charge is -2.34. The first-order valence-corrected chi connectivity index (χ1v) is 30.6. The topological polar surface area (TPSA) is 156 Å². The van der Waals surface area contributed by atoms with Crippen LogP contribution in [-0.2, 0) is 4.74 Å². The van der Waals surface area contributed by atoms with Gasteiger partial charge < -0.3 is 56.1 Å². The highest BCUT2D eigenvalue weighted by Crippen LogP contribution is 2.30. The third-order valence-corrected chi connectivity index (χ3v) is 16.5. The maximum absolute atomic E-state index is 11.5. The zero-order chi connectivity index (χ0) is 58.9. The van der Waals surface area contributed by atoms with Crippen molar-refractivity contribution in [2.75, 3.05) is 84.1 Å². The molecule has 6 heterocycles. The van der Waals surface area contributed by atoms with Gasteiger partial charge in [-0.3, -0.25) is 0 Å². The van der Waals surface area contributed by atoms with Crippen molar-refractivity contribution in [2.24, 2.45) is 0 Å². The summed E-state index contributed by atoms with van der Waals surface area (Å²) in [4.78, 5) is 32.5. The first-order valence-electron chi connectivity index (χ1n) is 28.6. The molecule has 0 amide bonds. The maximum Gasteiger partial charge on any atom is 0.337 e. The third-order valence-electron chi connectivity index (χ3n) is 15.3. The highest BCUT2D eigenvalue weighted by molar-refractivity contribution is 9.10. The number of piperidine rings is 3. The van der Waals surface area contributed by atoms with Gasteiger partial charge in [-0.05, 0) is 164 Å². The SMILES string of the molecule is COC(=O)c1ccc(NC(=S)NC2CCN(c3nccc4ccccc34)CC2)cc1.COc1cccc(NC(=S)NC2CCN(c3nccc4ccccc34)CC2)c1.S=C(Nc1cccc(Br)c1)NC1CCN(c2nccc3ccccc23)CC1. The number of ether oxygens (including phenoxy) is 2. The van der Waals surface area contributed by atoms with E-state index < -0.39 is 0 Å². The quantitative estimate of drug-likeness (QED) is 0.0537. The lowest BCUT2D eigenvalue weighted by Crippen LogP contribution is -2.46. The minimum absolute atomic E-state index is 0.311. The molecule has 0 atom stereocenters. The summed E-state index contributed by atoms with van der Waals surface area (Å²) in [6.45, 7) is 5.71. The van der Waals surface area contributed by atoms with Gasteiger partial charge in [0.15, 0.2) is 15.3 Å². The molecule has 9 aromatic rings. The Bertz CT molecular complexity index is 3730. The molecular formula is C66H69BrN12O3S3. The number of rotatable bonds is 11. The van der Waals surface area contributed by atoms with E-state index in [-0.39, 0.29) is 5.97 Å². The molecule has 12 rings (SSSR count). The molecule has 436 valence electrons. The van der Waals surface area contributed by atoms with E-state index in [4.69, 9.17) is 46.1 Å². The van der Waals surface area contributed by atoms with Crippen LogP contribution in [-0.4, -0.2) is 108 Å². The van der Waals surface area contributed by atoms with E-state index in [1.165, 1.54) is 39.4 Å². The number of carbonyl (C=O) groups is 1.